The lowest BCUT2D eigenvalue weighted by Crippen LogP contribution is -2.40. The average molecular weight is 351 g/mol. The Morgan fingerprint density at radius 2 is 2.05 bits per heavy atom. The van der Waals surface area contributed by atoms with E-state index in [4.69, 9.17) is 4.74 Å². The highest BCUT2D eigenvalue weighted by molar-refractivity contribution is 9.10. The molecule has 0 bridgehead atoms. The van der Waals surface area contributed by atoms with E-state index in [1.807, 2.05) is 0 Å². The molecule has 0 N–H and O–H groups in total. The topological polar surface area (TPSA) is 26.3 Å². The zero-order valence-electron chi connectivity index (χ0n) is 10.8. The molecule has 1 atom stereocenters. The summed E-state index contributed by atoms with van der Waals surface area (Å²) < 4.78 is 43.2. The van der Waals surface area contributed by atoms with E-state index in [1.165, 1.54) is 7.11 Å². The van der Waals surface area contributed by atoms with E-state index in [0.29, 0.717) is 5.56 Å². The van der Waals surface area contributed by atoms with Crippen molar-refractivity contribution < 1.29 is 22.7 Å². The van der Waals surface area contributed by atoms with Crippen molar-refractivity contribution in [3.63, 3.8) is 0 Å². The van der Waals surface area contributed by atoms with Gasteiger partial charge < -0.3 is 4.74 Å². The largest absolute Gasteiger partial charge is 0.469 e. The first-order valence-corrected chi connectivity index (χ1v) is 7.02. The molecule has 1 fully saturated rings. The fourth-order valence-electron chi connectivity index (χ4n) is 2.63. The Kier molecular flexibility index (Phi) is 4.42. The maximum Gasteiger partial charge on any atom is 0.391 e. The van der Waals surface area contributed by atoms with Crippen LogP contribution in [0.25, 0.3) is 0 Å². The van der Waals surface area contributed by atoms with Gasteiger partial charge in [0.25, 0.3) is 0 Å². The minimum absolute atomic E-state index is 0.0181. The van der Waals surface area contributed by atoms with Crippen LogP contribution in [0.5, 0.6) is 0 Å². The highest BCUT2D eigenvalue weighted by Gasteiger charge is 2.51. The van der Waals surface area contributed by atoms with Crippen LogP contribution in [0, 0.1) is 11.8 Å². The summed E-state index contributed by atoms with van der Waals surface area (Å²) in [5, 5.41) is 0. The predicted octanol–water partition coefficient (Wildman–Crippen LogP) is 4.29. The zero-order valence-corrected chi connectivity index (χ0v) is 12.4. The van der Waals surface area contributed by atoms with Crippen LogP contribution in [0.3, 0.4) is 0 Å². The molecule has 20 heavy (non-hydrogen) atoms. The third-order valence-corrected chi connectivity index (χ3v) is 4.27. The molecule has 0 saturated heterocycles. The number of carbonyl (C=O) groups is 1. The molecule has 0 aliphatic heterocycles. The normalized spacial score (nSPS) is 23.9. The van der Waals surface area contributed by atoms with Gasteiger partial charge in [0, 0.05) is 4.47 Å². The van der Waals surface area contributed by atoms with E-state index >= 15 is 0 Å². The molecule has 110 valence electrons. The predicted molar refractivity (Wildman–Crippen MR) is 71.2 cm³/mol. The van der Waals surface area contributed by atoms with Crippen molar-refractivity contribution in [1.82, 2.24) is 0 Å². The lowest BCUT2D eigenvalue weighted by Gasteiger charge is -2.40. The van der Waals surface area contributed by atoms with E-state index < -0.39 is 24.0 Å². The van der Waals surface area contributed by atoms with Crippen molar-refractivity contribution in [2.45, 2.75) is 24.9 Å². The summed E-state index contributed by atoms with van der Waals surface area (Å²) >= 11 is 3.30. The minimum atomic E-state index is -4.17. The third-order valence-electron chi connectivity index (χ3n) is 3.77. The Hall–Kier alpha value is -1.04. The summed E-state index contributed by atoms with van der Waals surface area (Å²) in [6.07, 6.45) is -4.21. The van der Waals surface area contributed by atoms with Gasteiger partial charge in [0.2, 0.25) is 0 Å². The van der Waals surface area contributed by atoms with Gasteiger partial charge in [0.15, 0.2) is 0 Å². The van der Waals surface area contributed by atoms with Gasteiger partial charge in [0.1, 0.15) is 0 Å². The highest BCUT2D eigenvalue weighted by atomic mass is 79.9. The van der Waals surface area contributed by atoms with Crippen LogP contribution in [-0.4, -0.2) is 19.3 Å². The molecule has 0 amide bonds. The number of methoxy groups -OCH3 is 1. The molecule has 1 aliphatic carbocycles. The summed E-state index contributed by atoms with van der Waals surface area (Å²) in [6.45, 7) is 0. The second-order valence-corrected chi connectivity index (χ2v) is 5.94. The van der Waals surface area contributed by atoms with Gasteiger partial charge >= 0.3 is 12.1 Å². The van der Waals surface area contributed by atoms with Gasteiger partial charge in [-0.05, 0) is 36.5 Å². The molecule has 1 unspecified atom stereocenters. The number of benzene rings is 1. The molecule has 0 aromatic heterocycles. The van der Waals surface area contributed by atoms with Gasteiger partial charge in [-0.1, -0.05) is 28.1 Å². The fraction of sp³-hybridized carbons (Fsp3) is 0.500. The Morgan fingerprint density at radius 3 is 2.55 bits per heavy atom. The molecule has 2 rings (SSSR count). The molecule has 0 heterocycles. The van der Waals surface area contributed by atoms with E-state index in [9.17, 15) is 18.0 Å². The molecule has 1 aliphatic rings. The number of ether oxygens (including phenoxy) is 1. The Labute approximate surface area is 123 Å². The lowest BCUT2D eigenvalue weighted by atomic mass is 9.66. The van der Waals surface area contributed by atoms with Crippen LogP contribution in [0.4, 0.5) is 13.2 Å². The highest BCUT2D eigenvalue weighted by Crippen LogP contribution is 2.50. The third kappa shape index (κ3) is 3.16. The summed E-state index contributed by atoms with van der Waals surface area (Å²) in [6, 6.07) is 7.06. The van der Waals surface area contributed by atoms with Crippen LogP contribution < -0.4 is 0 Å². The molecule has 1 saturated carbocycles. The number of hydrogen-bond donors (Lipinski definition) is 0. The van der Waals surface area contributed by atoms with Gasteiger partial charge in [-0.3, -0.25) is 4.79 Å². The summed E-state index contributed by atoms with van der Waals surface area (Å²) in [5.74, 6) is -2.72. The molecule has 0 radical (unpaired) electrons. The van der Waals surface area contributed by atoms with Crippen molar-refractivity contribution in [2.75, 3.05) is 7.11 Å². The number of alkyl halides is 3. The number of hydrogen-bond acceptors (Lipinski definition) is 2. The van der Waals surface area contributed by atoms with Crippen LogP contribution in [0.15, 0.2) is 28.7 Å². The first kappa shape index (κ1) is 15.4. The Morgan fingerprint density at radius 1 is 1.40 bits per heavy atom. The number of carbonyl (C=O) groups excluding carboxylic acids is 1. The van der Waals surface area contributed by atoms with E-state index in [1.54, 1.807) is 24.3 Å². The van der Waals surface area contributed by atoms with Crippen LogP contribution >= 0.6 is 15.9 Å². The standard InChI is InChI=1S/C14H14BrF3O2/c1-20-13(19)12(8-3-2-4-11(15)7-8)9-5-10(6-9)14(16,17)18/h2-4,7,9-10,12H,5-6H2,1H3. The number of rotatable bonds is 3. The first-order chi connectivity index (χ1) is 9.32. The van der Waals surface area contributed by atoms with E-state index in [2.05, 4.69) is 15.9 Å². The summed E-state index contributed by atoms with van der Waals surface area (Å²) in [5.41, 5.74) is 0.692. The first-order valence-electron chi connectivity index (χ1n) is 6.23. The Bertz CT molecular complexity index is 495. The Balaban J connectivity index is 2.17. The molecular weight excluding hydrogens is 337 g/mol. The van der Waals surface area contributed by atoms with Gasteiger partial charge in [-0.25, -0.2) is 0 Å². The average Bonchev–Trinajstić information content (AvgIpc) is 2.30. The number of halogens is 4. The second-order valence-electron chi connectivity index (χ2n) is 5.03. The van der Waals surface area contributed by atoms with Crippen LogP contribution in [-0.2, 0) is 9.53 Å². The van der Waals surface area contributed by atoms with Crippen molar-refractivity contribution in [2.24, 2.45) is 11.8 Å². The maximum absolute atomic E-state index is 12.6. The van der Waals surface area contributed by atoms with Gasteiger partial charge in [0.05, 0.1) is 18.9 Å². The van der Waals surface area contributed by atoms with Crippen molar-refractivity contribution in [3.8, 4) is 0 Å². The van der Waals surface area contributed by atoms with Crippen LogP contribution in [0.1, 0.15) is 24.3 Å². The molecule has 1 aromatic rings. The molecule has 2 nitrogen and oxygen atoms in total. The fourth-order valence-corrected chi connectivity index (χ4v) is 3.05. The van der Waals surface area contributed by atoms with Crippen molar-refractivity contribution in [1.29, 1.82) is 0 Å². The van der Waals surface area contributed by atoms with E-state index in [0.717, 1.165) is 4.47 Å². The quantitative estimate of drug-likeness (QED) is 0.760. The SMILES string of the molecule is COC(=O)C(c1cccc(Br)c1)C1CC(C(F)(F)F)C1. The molecule has 1 aromatic carbocycles. The van der Waals surface area contributed by atoms with Crippen LogP contribution in [0.2, 0.25) is 0 Å². The minimum Gasteiger partial charge on any atom is -0.469 e. The second kappa shape index (κ2) is 5.76. The van der Waals surface area contributed by atoms with E-state index in [-0.39, 0.29) is 18.8 Å². The zero-order chi connectivity index (χ0) is 14.9. The smallest absolute Gasteiger partial charge is 0.391 e. The van der Waals surface area contributed by atoms with Crippen molar-refractivity contribution >= 4 is 21.9 Å². The maximum atomic E-state index is 12.6. The number of esters is 1. The molecule has 0 spiro atoms. The monoisotopic (exact) mass is 350 g/mol. The van der Waals surface area contributed by atoms with Gasteiger partial charge in [-0.2, -0.15) is 13.2 Å². The van der Waals surface area contributed by atoms with Gasteiger partial charge in [-0.15, -0.1) is 0 Å². The summed E-state index contributed by atoms with van der Waals surface area (Å²) in [4.78, 5) is 11.9. The molecular formula is C14H14BrF3O2. The van der Waals surface area contributed by atoms with Crippen molar-refractivity contribution in [3.05, 3.63) is 34.3 Å². The lowest BCUT2D eigenvalue weighted by molar-refractivity contribution is -0.207. The molecule has 6 heteroatoms. The summed E-state index contributed by atoms with van der Waals surface area (Å²) in [7, 11) is 1.26.